The van der Waals surface area contributed by atoms with Crippen LogP contribution in [0.5, 0.6) is 0 Å². The summed E-state index contributed by atoms with van der Waals surface area (Å²) < 4.78 is 28.2. The highest BCUT2D eigenvalue weighted by Crippen LogP contribution is 2.44. The monoisotopic (exact) mass is 397 g/mol. The lowest BCUT2D eigenvalue weighted by atomic mass is 10.1. The van der Waals surface area contributed by atoms with E-state index in [4.69, 9.17) is 19.5 Å². The van der Waals surface area contributed by atoms with E-state index in [1.807, 2.05) is 21.1 Å². The lowest BCUT2D eigenvalue weighted by Crippen LogP contribution is -2.37. The quantitative estimate of drug-likeness (QED) is 0.209. The molecule has 0 radical (unpaired) electrons. The lowest BCUT2D eigenvalue weighted by molar-refractivity contribution is -0.870. The van der Waals surface area contributed by atoms with Crippen LogP contribution >= 0.6 is 7.82 Å². The van der Waals surface area contributed by atoms with Crippen molar-refractivity contribution in [2.45, 2.75) is 64.4 Å². The highest BCUT2D eigenvalue weighted by molar-refractivity contribution is 7.47. The standard InChI is InChI=1S/C18H41N2O5P/c1-5-6-7-8-9-10-11-12-14-23-17-18(16-19)25-26(21,22)24-15-13-20(2,3)4/h18H,5-17,19H2,1-4H3/p+1. The van der Waals surface area contributed by atoms with Crippen LogP contribution in [0.15, 0.2) is 0 Å². The van der Waals surface area contributed by atoms with Gasteiger partial charge >= 0.3 is 7.82 Å². The van der Waals surface area contributed by atoms with Gasteiger partial charge in [-0.25, -0.2) is 4.57 Å². The first-order valence-electron chi connectivity index (χ1n) is 9.94. The maximum Gasteiger partial charge on any atom is 0.472 e. The van der Waals surface area contributed by atoms with Gasteiger partial charge < -0.3 is 19.8 Å². The molecule has 0 aromatic rings. The summed E-state index contributed by atoms with van der Waals surface area (Å²) >= 11 is 0. The zero-order chi connectivity index (χ0) is 19.9. The number of hydrogen-bond donors (Lipinski definition) is 2. The number of rotatable bonds is 18. The van der Waals surface area contributed by atoms with Gasteiger partial charge in [0.1, 0.15) is 19.3 Å². The van der Waals surface area contributed by atoms with Crippen molar-refractivity contribution in [2.75, 3.05) is 54.1 Å². The van der Waals surface area contributed by atoms with Crippen molar-refractivity contribution in [1.29, 1.82) is 0 Å². The van der Waals surface area contributed by atoms with E-state index in [-0.39, 0.29) is 19.8 Å². The second-order valence-electron chi connectivity index (χ2n) is 7.83. The van der Waals surface area contributed by atoms with Gasteiger partial charge in [-0.3, -0.25) is 9.05 Å². The average Bonchev–Trinajstić information content (AvgIpc) is 2.53. The molecule has 0 heterocycles. The molecule has 0 saturated heterocycles. The van der Waals surface area contributed by atoms with Crippen molar-refractivity contribution < 1.29 is 27.7 Å². The van der Waals surface area contributed by atoms with E-state index in [1.54, 1.807) is 0 Å². The highest BCUT2D eigenvalue weighted by Gasteiger charge is 2.27. The minimum Gasteiger partial charge on any atom is -0.379 e. The Hall–Kier alpha value is -0.0100. The fourth-order valence-electron chi connectivity index (χ4n) is 2.34. The Labute approximate surface area is 160 Å². The molecule has 2 atom stereocenters. The van der Waals surface area contributed by atoms with Crippen LogP contribution in [0.25, 0.3) is 0 Å². The fraction of sp³-hybridized carbons (Fsp3) is 1.00. The van der Waals surface area contributed by atoms with Gasteiger partial charge in [-0.2, -0.15) is 0 Å². The smallest absolute Gasteiger partial charge is 0.379 e. The van der Waals surface area contributed by atoms with Crippen molar-refractivity contribution in [3.8, 4) is 0 Å². The molecule has 8 heteroatoms. The predicted octanol–water partition coefficient (Wildman–Crippen LogP) is 3.31. The molecule has 0 bridgehead atoms. The molecule has 0 spiro atoms. The SMILES string of the molecule is CCCCCCCCCCOCC(CN)OP(=O)(O)OCC[N+](C)(C)C. The van der Waals surface area contributed by atoms with E-state index >= 15 is 0 Å². The number of nitrogens with two attached hydrogens (primary N) is 1. The van der Waals surface area contributed by atoms with Crippen LogP contribution in [0.3, 0.4) is 0 Å². The van der Waals surface area contributed by atoms with E-state index < -0.39 is 13.9 Å². The Morgan fingerprint density at radius 1 is 1.00 bits per heavy atom. The van der Waals surface area contributed by atoms with Gasteiger partial charge in [0.2, 0.25) is 0 Å². The van der Waals surface area contributed by atoms with Gasteiger partial charge in [-0.05, 0) is 6.42 Å². The van der Waals surface area contributed by atoms with Crippen molar-refractivity contribution in [2.24, 2.45) is 5.73 Å². The van der Waals surface area contributed by atoms with Crippen LogP contribution in [0.2, 0.25) is 0 Å². The number of unbranched alkanes of at least 4 members (excludes halogenated alkanes) is 7. The molecule has 0 aromatic carbocycles. The number of likely N-dealkylation sites (N-methyl/N-ethyl adjacent to an activating group) is 1. The van der Waals surface area contributed by atoms with Gasteiger partial charge in [0.05, 0.1) is 27.7 Å². The minimum absolute atomic E-state index is 0.112. The molecule has 0 aliphatic heterocycles. The molecule has 2 unspecified atom stereocenters. The normalized spacial score (nSPS) is 15.8. The van der Waals surface area contributed by atoms with E-state index in [0.717, 1.165) is 12.8 Å². The fourth-order valence-corrected chi connectivity index (χ4v) is 3.24. The van der Waals surface area contributed by atoms with Gasteiger partial charge in [-0.15, -0.1) is 0 Å². The zero-order valence-corrected chi connectivity index (χ0v) is 18.2. The molecular formula is C18H42N2O5P+. The molecule has 0 amide bonds. The molecule has 26 heavy (non-hydrogen) atoms. The maximum atomic E-state index is 11.9. The molecular weight excluding hydrogens is 355 g/mol. The van der Waals surface area contributed by atoms with Gasteiger partial charge in [0.25, 0.3) is 0 Å². The first kappa shape index (κ1) is 26.0. The van der Waals surface area contributed by atoms with Crippen LogP contribution in [-0.4, -0.2) is 69.5 Å². The third-order valence-corrected chi connectivity index (χ3v) is 5.08. The summed E-state index contributed by atoms with van der Waals surface area (Å²) in [7, 11) is 1.84. The molecule has 0 aromatic heterocycles. The summed E-state index contributed by atoms with van der Waals surface area (Å²) in [4.78, 5) is 9.77. The number of ether oxygens (including phenoxy) is 1. The number of quaternary nitrogens is 1. The average molecular weight is 398 g/mol. The van der Waals surface area contributed by atoms with Crippen molar-refractivity contribution >= 4 is 7.82 Å². The second kappa shape index (κ2) is 15.0. The summed E-state index contributed by atoms with van der Waals surface area (Å²) in [5.74, 6) is 0. The Morgan fingerprint density at radius 2 is 1.58 bits per heavy atom. The maximum absolute atomic E-state index is 11.9. The van der Waals surface area contributed by atoms with Gasteiger partial charge in [-0.1, -0.05) is 51.9 Å². The molecule has 158 valence electrons. The first-order valence-corrected chi connectivity index (χ1v) is 11.4. The van der Waals surface area contributed by atoms with Crippen LogP contribution in [-0.2, 0) is 18.3 Å². The zero-order valence-electron chi connectivity index (χ0n) is 17.3. The largest absolute Gasteiger partial charge is 0.472 e. The van der Waals surface area contributed by atoms with Crippen molar-refractivity contribution in [3.63, 3.8) is 0 Å². The van der Waals surface area contributed by atoms with Crippen LogP contribution in [0.1, 0.15) is 58.3 Å². The molecule has 3 N–H and O–H groups in total. The number of phosphoric acid groups is 1. The van der Waals surface area contributed by atoms with Crippen molar-refractivity contribution in [3.05, 3.63) is 0 Å². The molecule has 0 aliphatic carbocycles. The Kier molecular flexibility index (Phi) is 15.0. The number of phosphoric ester groups is 1. The number of nitrogens with zero attached hydrogens (tertiary/aromatic N) is 1. The minimum atomic E-state index is -4.10. The van der Waals surface area contributed by atoms with E-state index in [2.05, 4.69) is 6.92 Å². The third-order valence-electron chi connectivity index (χ3n) is 4.01. The van der Waals surface area contributed by atoms with E-state index in [0.29, 0.717) is 17.6 Å². The predicted molar refractivity (Wildman–Crippen MR) is 106 cm³/mol. The second-order valence-corrected chi connectivity index (χ2v) is 9.23. The summed E-state index contributed by atoms with van der Waals surface area (Å²) in [5, 5.41) is 0. The van der Waals surface area contributed by atoms with Gasteiger partial charge in [0.15, 0.2) is 0 Å². The Balaban J connectivity index is 3.76. The Bertz CT molecular complexity index is 377. The number of hydrogen-bond acceptors (Lipinski definition) is 5. The third kappa shape index (κ3) is 17.4. The molecule has 7 nitrogen and oxygen atoms in total. The summed E-state index contributed by atoms with van der Waals surface area (Å²) in [6, 6.07) is 0. The summed E-state index contributed by atoms with van der Waals surface area (Å²) in [6.07, 6.45) is 9.27. The van der Waals surface area contributed by atoms with Crippen LogP contribution in [0.4, 0.5) is 0 Å². The van der Waals surface area contributed by atoms with E-state index in [1.165, 1.54) is 38.5 Å². The lowest BCUT2D eigenvalue weighted by Gasteiger charge is -2.25. The van der Waals surface area contributed by atoms with Crippen LogP contribution < -0.4 is 5.73 Å². The summed E-state index contributed by atoms with van der Waals surface area (Å²) in [5.41, 5.74) is 5.60. The van der Waals surface area contributed by atoms with Crippen LogP contribution in [0, 0.1) is 0 Å². The molecule has 0 aliphatic rings. The Morgan fingerprint density at radius 3 is 2.12 bits per heavy atom. The van der Waals surface area contributed by atoms with E-state index in [9.17, 15) is 9.46 Å². The molecule has 0 rings (SSSR count). The summed E-state index contributed by atoms with van der Waals surface area (Å²) in [6.45, 7) is 3.91. The van der Waals surface area contributed by atoms with Crippen molar-refractivity contribution in [1.82, 2.24) is 0 Å². The van der Waals surface area contributed by atoms with Gasteiger partial charge in [0, 0.05) is 13.2 Å². The topological polar surface area (TPSA) is 91.0 Å². The first-order chi connectivity index (χ1) is 12.2. The molecule has 0 fully saturated rings. The molecule has 0 saturated carbocycles. The highest BCUT2D eigenvalue weighted by atomic mass is 31.2.